The Kier molecular flexibility index (Phi) is 94.5. The number of allylic oxidation sites excluding steroid dienone is 37. The third-order valence-electron chi connectivity index (χ3n) is 18.7. The Bertz CT molecular complexity index is 5170. The predicted octanol–water partition coefficient (Wildman–Crippen LogP) is 15.7. The average molecular weight is 2120 g/mol. The van der Waals surface area contributed by atoms with E-state index in [2.05, 4.69) is 115 Å². The summed E-state index contributed by atoms with van der Waals surface area (Å²) < 4.78 is 25.4. The van der Waals surface area contributed by atoms with Gasteiger partial charge in [0.05, 0.1) is 45.2 Å². The van der Waals surface area contributed by atoms with Crippen LogP contribution >= 0.6 is 31.5 Å². The van der Waals surface area contributed by atoms with Crippen molar-refractivity contribution >= 4 is 124 Å². The van der Waals surface area contributed by atoms with Crippen LogP contribution in [0.4, 0.5) is 0 Å². The number of hydrogen-bond donors (Lipinski definition) is 0. The minimum atomic E-state index is -2.20. The van der Waals surface area contributed by atoms with Gasteiger partial charge in [0.15, 0.2) is 5.66 Å². The van der Waals surface area contributed by atoms with Crippen molar-refractivity contribution in [2.45, 2.75) is 174 Å². The van der Waals surface area contributed by atoms with Gasteiger partial charge < -0.3 is 60.8 Å². The Morgan fingerprint density at radius 3 is 0.810 bits per heavy atom. The predicted molar refractivity (Wildman–Crippen MR) is 592 cm³/mol. The molecule has 1 atom stereocenters. The van der Waals surface area contributed by atoms with Gasteiger partial charge in [-0.3, -0.25) is 14.4 Å². The van der Waals surface area contributed by atoms with Gasteiger partial charge in [0, 0.05) is 22.3 Å². The fraction of sp³-hybridized carbons (Fsp3) is 0.261. The number of aldehydes is 3. The zero-order valence-corrected chi connectivity index (χ0v) is 93.3. The third kappa shape index (κ3) is 61.2. The topological polar surface area (TPSA) is 270 Å². The summed E-state index contributed by atoms with van der Waals surface area (Å²) in [5.74, 6) is -2.44. The van der Waals surface area contributed by atoms with Crippen molar-refractivity contribution in [3.63, 3.8) is 0 Å². The molecule has 17 nitrogen and oxygen atoms in total. The van der Waals surface area contributed by atoms with Crippen LogP contribution in [-0.2, 0) is 71.6 Å². The van der Waals surface area contributed by atoms with Gasteiger partial charge in [0.2, 0.25) is 0 Å². The van der Waals surface area contributed by atoms with Crippen LogP contribution in [0.25, 0.3) is 0 Å². The number of benzene rings is 6. The van der Waals surface area contributed by atoms with Gasteiger partial charge in [0.25, 0.3) is 0 Å². The zero-order valence-electron chi connectivity index (χ0n) is 84.2. The first kappa shape index (κ1) is 149. The van der Waals surface area contributed by atoms with Crippen molar-refractivity contribution < 1.29 is 158 Å². The molecule has 0 aromatic heterocycles. The van der Waals surface area contributed by atoms with Crippen molar-refractivity contribution in [1.29, 1.82) is 0 Å². The molecule has 0 radical (unpaired) electrons. The van der Waals surface area contributed by atoms with Crippen molar-refractivity contribution in [3.8, 4) is 0 Å². The van der Waals surface area contributed by atoms with E-state index in [1.165, 1.54) is 38.8 Å². The molecule has 0 saturated heterocycles. The number of aliphatic carboxylic acids is 1. The zero-order chi connectivity index (χ0) is 99.2. The van der Waals surface area contributed by atoms with Gasteiger partial charge in [-0.2, -0.15) is 5.57 Å². The maximum absolute atomic E-state index is 12.9. The number of carbonyl (C=O) groups excluding carboxylic acids is 10. The number of ether oxygens (including phenoxy) is 5. The largest absolute Gasteiger partial charge is 1.00 e. The Hall–Kier alpha value is -10.9. The average Bonchev–Trinajstić information content (AvgIpc) is 0.728. The summed E-state index contributed by atoms with van der Waals surface area (Å²) in [5.41, 5.74) is 9.71. The van der Waals surface area contributed by atoms with Crippen LogP contribution < -0.4 is 113 Å². The summed E-state index contributed by atoms with van der Waals surface area (Å²) in [6.45, 7) is 37.9. The van der Waals surface area contributed by atoms with Gasteiger partial charge in [-0.05, 0) is 245 Å². The first-order valence-corrected chi connectivity index (χ1v) is 47.7. The molecule has 0 aliphatic heterocycles. The summed E-state index contributed by atoms with van der Waals surface area (Å²) in [6.07, 6.45) is 55.8. The summed E-state index contributed by atoms with van der Waals surface area (Å²) in [6, 6.07) is 63.2. The Balaban J connectivity index is -0.000000214. The van der Waals surface area contributed by atoms with Crippen molar-refractivity contribution in [1.82, 2.24) is 0 Å². The van der Waals surface area contributed by atoms with Crippen molar-refractivity contribution in [2.24, 2.45) is 0 Å². The molecule has 6 rings (SSSR count). The Morgan fingerprint density at radius 2 is 0.556 bits per heavy atom. The maximum Gasteiger partial charge on any atom is 1.00 e. The van der Waals surface area contributed by atoms with Gasteiger partial charge in [0.1, 0.15) is 65.2 Å². The first-order valence-electron chi connectivity index (χ1n) is 43.8. The van der Waals surface area contributed by atoms with E-state index in [1.807, 2.05) is 220 Å². The maximum atomic E-state index is 12.9. The third-order valence-corrected chi connectivity index (χ3v) is 27.7. The second-order valence-electron chi connectivity index (χ2n) is 29.8. The normalized spacial score (nSPS) is 12.6. The number of hydrogen-bond acceptors (Lipinski definition) is 17. The minimum Gasteiger partial charge on any atom is -1.00 e. The molecule has 23 heteroatoms. The van der Waals surface area contributed by atoms with E-state index in [0.717, 1.165) is 52.9 Å². The Labute approximate surface area is 917 Å². The quantitative estimate of drug-likeness (QED) is 0.00505. The molecule has 1 N–H and O–H groups in total. The summed E-state index contributed by atoms with van der Waals surface area (Å²) in [4.78, 5) is 111. The number of halogens is 2. The van der Waals surface area contributed by atoms with Crippen LogP contribution in [0.3, 0.4) is 0 Å². The van der Waals surface area contributed by atoms with E-state index in [9.17, 15) is 53.1 Å². The van der Waals surface area contributed by atoms with Gasteiger partial charge in [-0.15, -0.1) is 23.1 Å². The molecule has 0 saturated carbocycles. The minimum absolute atomic E-state index is 0. The van der Waals surface area contributed by atoms with E-state index >= 15 is 0 Å². The van der Waals surface area contributed by atoms with Gasteiger partial charge >= 0.3 is 89.0 Å². The summed E-state index contributed by atoms with van der Waals surface area (Å²) in [5, 5.41) is 18.0. The van der Waals surface area contributed by atoms with E-state index in [4.69, 9.17) is 23.7 Å². The molecule has 0 fully saturated rings. The number of rotatable bonds is 40. The SMILES string of the molecule is Br.C.C.C.C.CCOC(=O)/C(C)=C/C=C/C(C)=C/C=C/C=C(C)/C=C(\C)C(=O)OCC.CCOC(=O)/C(C)=C/C=C/C(C)=C/C=C/C=C(\C)C=O.CCOC(=O)/C(C)=C/C[P+](c1ccccc1)(c1ccccc1)c1ccccc1.CCOC(=O)C(C)[P+](c1ccccc1)(c1ccccc1)c1ccccc1.C\C(C=O)=C/C=C/C=C(\C)C=O.C\C([C-]=O)=C/C=C/C(C)=C/C=C/C=C(C)/C=C(\C)C(=O)[O-].[Br-].[Na+].[Na+].[OH-]. The standard InChI is InChI=1S/C25H26O2P.C23H24O2P.C22H30O4.C18H21O3.C17H22O3.C10H12O2.4CH4.2BrH.2Na.H2O/c1-3-27-25(26)21(2)19-20-28(22-13-7-4-8-14-22,23-15-9-5-10-16-23)24-17-11-6-12-18-24;1-3-25-23(24)19(2)26(20-13-7-4-8-14-20,21-15-9-5-10-16-21)22-17-11-6-12-18-22;1-7-25-21(23)19(5)15-11-14-17(3)12-9-10-13-18(4)16-20(6)22(24)26-8-2;1-14(10-7-11-16(3)13-19)8-5-6-9-15(2)12-17(4)18(20)21;1-5-20-17(19)16(4)12-8-11-14(2)9-6-7-10-15(3)13-18;1-9(7-11)5-3-4-6-10(2)8-12;;;;;;;;;/h4-19H,3,20H2,1-2H3;4-19H,3H2,1-2H3;9-16H,7-8H2,1-6H3;5-12H,1-4H3,(H,20,21);6-13H,5H2,1-4H3;3-8H,1-2H3;4*1H4;2*1H;;;1H2/q2*+1;;-1;;;;;;;;;2*+1;/p-3/b21-19+;;10-9+,14-11+,17-12+,18-13+,19-15+,20-16+;6-5+,10-7+,14-8+,15-9+,16-11+,17-12+;7-6+,11-8+,14-9+,15-10+,16-12+;4-3+,9-5+,10-6+;;;;;;;;;. The number of carbonyl (C=O) groups is 9. The molecule has 1 unspecified atom stereocenters. The van der Waals surface area contributed by atoms with Crippen LogP contribution in [0.15, 0.2) is 430 Å². The van der Waals surface area contributed by atoms with Crippen LogP contribution in [0, 0.1) is 0 Å². The summed E-state index contributed by atoms with van der Waals surface area (Å²) in [7, 11) is -4.15. The molecule has 0 spiro atoms. The molecule has 0 aliphatic carbocycles. The molecule has 6 aromatic rings. The number of carboxylic acids is 1. The molecule has 0 heterocycles. The molecule has 6 aromatic carbocycles. The first-order chi connectivity index (χ1) is 63.8. The van der Waals surface area contributed by atoms with Crippen LogP contribution in [0.1, 0.15) is 168 Å². The molecule has 0 amide bonds. The fourth-order valence-electron chi connectivity index (χ4n) is 11.7. The van der Waals surface area contributed by atoms with E-state index in [0.29, 0.717) is 77.6 Å². The number of carboxylic acid groups (broad SMARTS) is 1. The van der Waals surface area contributed by atoms with E-state index in [1.54, 1.807) is 155 Å². The molecule has 0 aliphatic rings. The Morgan fingerprint density at radius 1 is 0.324 bits per heavy atom. The molecule has 756 valence electrons. The number of esters is 5. The van der Waals surface area contributed by atoms with E-state index < -0.39 is 20.5 Å². The second-order valence-corrected chi connectivity index (χ2v) is 37.1. The van der Waals surface area contributed by atoms with E-state index in [-0.39, 0.29) is 169 Å². The smallest absolute Gasteiger partial charge is 1.00 e. The molecular formula is C119H152Br2Na2O17P2. The molecule has 142 heavy (non-hydrogen) atoms. The second kappa shape index (κ2) is 90.2. The van der Waals surface area contributed by atoms with Crippen LogP contribution in [0.5, 0.6) is 0 Å². The van der Waals surface area contributed by atoms with Crippen LogP contribution in [-0.4, -0.2) is 111 Å². The summed E-state index contributed by atoms with van der Waals surface area (Å²) >= 11 is 0. The van der Waals surface area contributed by atoms with Gasteiger partial charge in [-0.1, -0.05) is 320 Å². The van der Waals surface area contributed by atoms with Crippen molar-refractivity contribution in [2.75, 3.05) is 39.2 Å². The molecule has 0 bridgehead atoms. The fourth-order valence-corrected chi connectivity index (χ4v) is 20.4. The van der Waals surface area contributed by atoms with Gasteiger partial charge in [-0.25, -0.2) is 30.0 Å². The monoisotopic (exact) mass is 2120 g/mol. The molecular weight excluding hydrogens is 1970 g/mol. The van der Waals surface area contributed by atoms with Crippen molar-refractivity contribution in [3.05, 3.63) is 430 Å². The van der Waals surface area contributed by atoms with Crippen LogP contribution in [0.2, 0.25) is 0 Å².